The second-order valence-electron chi connectivity index (χ2n) is 6.26. The van der Waals surface area contributed by atoms with Gasteiger partial charge in [0.05, 0.1) is 0 Å². The molecular weight excluding hydrogens is 228 g/mol. The topological polar surface area (TPSA) is 35.5 Å². The standard InChI is InChI=1S/C15H26O3/c1-10(14(17-3)18-4)11-7-8-12-13(16)6-5-9-15(11,12)2/h10-12,14H,5-9H2,1-4H3/t10-,11-,12-,15+/m0/s1. The third-order valence-electron chi connectivity index (χ3n) is 5.47. The number of Topliss-reactive ketones (excluding diaryl/α,β-unsaturated/α-hetero) is 1. The van der Waals surface area contributed by atoms with Crippen LogP contribution in [-0.4, -0.2) is 26.3 Å². The van der Waals surface area contributed by atoms with E-state index in [2.05, 4.69) is 13.8 Å². The summed E-state index contributed by atoms with van der Waals surface area (Å²) >= 11 is 0. The lowest BCUT2D eigenvalue weighted by atomic mass is 9.62. The first kappa shape index (κ1) is 14.0. The maximum atomic E-state index is 12.1. The van der Waals surface area contributed by atoms with Gasteiger partial charge in [-0.1, -0.05) is 13.8 Å². The monoisotopic (exact) mass is 254 g/mol. The summed E-state index contributed by atoms with van der Waals surface area (Å²) in [4.78, 5) is 12.1. The maximum absolute atomic E-state index is 12.1. The number of ketones is 1. The van der Waals surface area contributed by atoms with Crippen LogP contribution in [0.15, 0.2) is 0 Å². The smallest absolute Gasteiger partial charge is 0.159 e. The quantitative estimate of drug-likeness (QED) is 0.723. The van der Waals surface area contributed by atoms with Gasteiger partial charge in [0.25, 0.3) is 0 Å². The summed E-state index contributed by atoms with van der Waals surface area (Å²) in [5.41, 5.74) is 0.171. The average molecular weight is 254 g/mol. The van der Waals surface area contributed by atoms with Crippen LogP contribution in [0, 0.1) is 23.2 Å². The molecule has 3 nitrogen and oxygen atoms in total. The third-order valence-corrected chi connectivity index (χ3v) is 5.47. The Kier molecular flexibility index (Phi) is 4.12. The Balaban J connectivity index is 2.17. The van der Waals surface area contributed by atoms with Gasteiger partial charge >= 0.3 is 0 Å². The molecule has 18 heavy (non-hydrogen) atoms. The fourth-order valence-electron chi connectivity index (χ4n) is 4.55. The zero-order chi connectivity index (χ0) is 13.3. The molecule has 2 rings (SSSR count). The highest BCUT2D eigenvalue weighted by atomic mass is 16.7. The van der Waals surface area contributed by atoms with Crippen LogP contribution in [0.5, 0.6) is 0 Å². The lowest BCUT2D eigenvalue weighted by Crippen LogP contribution is -2.42. The van der Waals surface area contributed by atoms with Crippen molar-refractivity contribution < 1.29 is 14.3 Å². The van der Waals surface area contributed by atoms with Crippen molar-refractivity contribution in [2.75, 3.05) is 14.2 Å². The highest BCUT2D eigenvalue weighted by molar-refractivity contribution is 5.83. The summed E-state index contributed by atoms with van der Waals surface area (Å²) < 4.78 is 10.8. The minimum Gasteiger partial charge on any atom is -0.356 e. The summed E-state index contributed by atoms with van der Waals surface area (Å²) in [5.74, 6) is 1.66. The highest BCUT2D eigenvalue weighted by Gasteiger charge is 2.53. The molecule has 2 saturated carbocycles. The molecule has 0 unspecified atom stereocenters. The fourth-order valence-corrected chi connectivity index (χ4v) is 4.55. The predicted molar refractivity (Wildman–Crippen MR) is 70.1 cm³/mol. The van der Waals surface area contributed by atoms with Gasteiger partial charge < -0.3 is 9.47 Å². The second kappa shape index (κ2) is 5.30. The molecule has 2 aliphatic rings. The average Bonchev–Trinajstić information content (AvgIpc) is 2.69. The highest BCUT2D eigenvalue weighted by Crippen LogP contribution is 2.57. The maximum Gasteiger partial charge on any atom is 0.159 e. The van der Waals surface area contributed by atoms with Gasteiger partial charge in [-0.05, 0) is 37.0 Å². The molecule has 0 aromatic heterocycles. The molecule has 0 N–H and O–H groups in total. The van der Waals surface area contributed by atoms with Crippen molar-refractivity contribution in [3.63, 3.8) is 0 Å². The van der Waals surface area contributed by atoms with Crippen LogP contribution in [-0.2, 0) is 14.3 Å². The second-order valence-corrected chi connectivity index (χ2v) is 6.26. The van der Waals surface area contributed by atoms with E-state index in [4.69, 9.17) is 9.47 Å². The zero-order valence-electron chi connectivity index (χ0n) is 12.1. The van der Waals surface area contributed by atoms with Gasteiger partial charge in [0.1, 0.15) is 5.78 Å². The molecule has 104 valence electrons. The molecule has 2 aliphatic carbocycles. The molecule has 0 amide bonds. The van der Waals surface area contributed by atoms with E-state index < -0.39 is 0 Å². The van der Waals surface area contributed by atoms with Crippen molar-refractivity contribution in [2.24, 2.45) is 23.2 Å². The van der Waals surface area contributed by atoms with E-state index in [-0.39, 0.29) is 17.6 Å². The Morgan fingerprint density at radius 1 is 1.28 bits per heavy atom. The van der Waals surface area contributed by atoms with Crippen LogP contribution in [0.2, 0.25) is 0 Å². The predicted octanol–water partition coefficient (Wildman–Crippen LogP) is 3.03. The van der Waals surface area contributed by atoms with Crippen molar-refractivity contribution in [1.82, 2.24) is 0 Å². The first-order valence-corrected chi connectivity index (χ1v) is 7.13. The molecule has 4 atom stereocenters. The van der Waals surface area contributed by atoms with E-state index in [0.717, 1.165) is 25.7 Å². The largest absolute Gasteiger partial charge is 0.356 e. The number of fused-ring (bicyclic) bond motifs is 1. The summed E-state index contributed by atoms with van der Waals surface area (Å²) in [6.07, 6.45) is 5.07. The Bertz CT molecular complexity index is 311. The molecule has 0 heterocycles. The van der Waals surface area contributed by atoms with E-state index >= 15 is 0 Å². The van der Waals surface area contributed by atoms with Crippen LogP contribution < -0.4 is 0 Å². The van der Waals surface area contributed by atoms with Gasteiger partial charge in [-0.3, -0.25) is 4.79 Å². The van der Waals surface area contributed by atoms with Crippen molar-refractivity contribution in [2.45, 2.75) is 52.2 Å². The number of ether oxygens (including phenoxy) is 2. The first-order chi connectivity index (χ1) is 8.54. The van der Waals surface area contributed by atoms with Gasteiger partial charge in [-0.15, -0.1) is 0 Å². The van der Waals surface area contributed by atoms with Crippen molar-refractivity contribution in [1.29, 1.82) is 0 Å². The summed E-state index contributed by atoms with van der Waals surface area (Å²) in [6.45, 7) is 4.51. The van der Waals surface area contributed by atoms with Gasteiger partial charge in [0.2, 0.25) is 0 Å². The number of hydrogen-bond acceptors (Lipinski definition) is 3. The molecule has 2 fully saturated rings. The Hall–Kier alpha value is -0.410. The minimum absolute atomic E-state index is 0.150. The molecule has 3 heteroatoms. The van der Waals surface area contributed by atoms with E-state index in [9.17, 15) is 4.79 Å². The number of carbonyl (C=O) groups excluding carboxylic acids is 1. The van der Waals surface area contributed by atoms with E-state index in [1.54, 1.807) is 14.2 Å². The number of rotatable bonds is 4. The molecule has 0 spiro atoms. The van der Waals surface area contributed by atoms with E-state index in [1.165, 1.54) is 6.42 Å². The van der Waals surface area contributed by atoms with Crippen LogP contribution in [0.25, 0.3) is 0 Å². The Morgan fingerprint density at radius 2 is 1.94 bits per heavy atom. The number of methoxy groups -OCH3 is 2. The molecule has 0 saturated heterocycles. The van der Waals surface area contributed by atoms with Gasteiger partial charge in [0, 0.05) is 32.5 Å². The number of hydrogen-bond donors (Lipinski definition) is 0. The van der Waals surface area contributed by atoms with Crippen molar-refractivity contribution >= 4 is 5.78 Å². The minimum atomic E-state index is -0.150. The Labute approximate surface area is 110 Å². The van der Waals surface area contributed by atoms with Gasteiger partial charge in [0.15, 0.2) is 6.29 Å². The van der Waals surface area contributed by atoms with Crippen molar-refractivity contribution in [3.8, 4) is 0 Å². The lowest BCUT2D eigenvalue weighted by molar-refractivity contribution is -0.158. The molecule has 0 aromatic carbocycles. The first-order valence-electron chi connectivity index (χ1n) is 7.13. The molecule has 0 radical (unpaired) electrons. The van der Waals surface area contributed by atoms with Crippen LogP contribution in [0.1, 0.15) is 46.0 Å². The van der Waals surface area contributed by atoms with Crippen LogP contribution >= 0.6 is 0 Å². The normalized spacial score (nSPS) is 37.9. The molecule has 0 aliphatic heterocycles. The van der Waals surface area contributed by atoms with Gasteiger partial charge in [-0.25, -0.2) is 0 Å². The van der Waals surface area contributed by atoms with Crippen LogP contribution in [0.4, 0.5) is 0 Å². The summed E-state index contributed by atoms with van der Waals surface area (Å²) in [7, 11) is 3.40. The third kappa shape index (κ3) is 2.12. The number of carbonyl (C=O) groups is 1. The van der Waals surface area contributed by atoms with Crippen LogP contribution in [0.3, 0.4) is 0 Å². The summed E-state index contributed by atoms with van der Waals surface area (Å²) in [5, 5.41) is 0. The van der Waals surface area contributed by atoms with E-state index in [0.29, 0.717) is 17.6 Å². The van der Waals surface area contributed by atoms with Crippen molar-refractivity contribution in [3.05, 3.63) is 0 Å². The molecular formula is C15H26O3. The van der Waals surface area contributed by atoms with Gasteiger partial charge in [-0.2, -0.15) is 0 Å². The molecule has 0 aromatic rings. The lowest BCUT2D eigenvalue weighted by Gasteiger charge is -2.43. The fraction of sp³-hybridized carbons (Fsp3) is 0.933. The molecule has 0 bridgehead atoms. The SMILES string of the molecule is COC(OC)[C@@H](C)[C@@H]1CC[C@H]2C(=O)CCC[C@@]21C. The zero-order valence-corrected chi connectivity index (χ0v) is 12.1. The van der Waals surface area contributed by atoms with E-state index in [1.807, 2.05) is 0 Å². The summed E-state index contributed by atoms with van der Waals surface area (Å²) in [6, 6.07) is 0. The Morgan fingerprint density at radius 3 is 2.56 bits per heavy atom.